The zero-order valence-corrected chi connectivity index (χ0v) is 11.4. The first-order chi connectivity index (χ1) is 10.0. The van der Waals surface area contributed by atoms with Gasteiger partial charge in [-0.2, -0.15) is 13.2 Å². The summed E-state index contributed by atoms with van der Waals surface area (Å²) < 4.78 is 41.6. The van der Waals surface area contributed by atoms with E-state index < -0.39 is 12.7 Å². The van der Waals surface area contributed by atoms with Gasteiger partial charge in [-0.05, 0) is 23.3 Å². The van der Waals surface area contributed by atoms with Crippen LogP contribution in [0.15, 0.2) is 54.6 Å². The van der Waals surface area contributed by atoms with Crippen molar-refractivity contribution in [2.45, 2.75) is 19.3 Å². The van der Waals surface area contributed by atoms with Crippen LogP contribution >= 0.6 is 0 Å². The minimum atomic E-state index is -4.18. The Morgan fingerprint density at radius 3 is 2.14 bits per heavy atom. The molecule has 0 spiro atoms. The standard InChI is InChI=1S/C16H16F3NO/c17-16(18,19)12-20-10-13-6-8-15(9-7-13)21-11-14-4-2-1-3-5-14/h1-9,20H,10-12H2. The number of benzene rings is 2. The largest absolute Gasteiger partial charge is 0.489 e. The van der Waals surface area contributed by atoms with E-state index in [4.69, 9.17) is 4.74 Å². The summed E-state index contributed by atoms with van der Waals surface area (Å²) in [5, 5.41) is 2.35. The Bertz CT molecular complexity index is 538. The van der Waals surface area contributed by atoms with E-state index in [1.54, 1.807) is 24.3 Å². The first-order valence-electron chi connectivity index (χ1n) is 6.56. The van der Waals surface area contributed by atoms with E-state index in [1.807, 2.05) is 30.3 Å². The van der Waals surface area contributed by atoms with Gasteiger partial charge in [-0.25, -0.2) is 0 Å². The molecule has 0 heterocycles. The summed E-state index contributed by atoms with van der Waals surface area (Å²) in [4.78, 5) is 0. The molecule has 21 heavy (non-hydrogen) atoms. The second kappa shape index (κ2) is 7.13. The molecule has 0 radical (unpaired) electrons. The van der Waals surface area contributed by atoms with Gasteiger partial charge >= 0.3 is 6.18 Å². The average molecular weight is 295 g/mol. The van der Waals surface area contributed by atoms with Crippen molar-refractivity contribution in [3.05, 3.63) is 65.7 Å². The summed E-state index contributed by atoms with van der Waals surface area (Å²) in [5.74, 6) is 0.693. The summed E-state index contributed by atoms with van der Waals surface area (Å²) in [6.07, 6.45) is -4.18. The highest BCUT2D eigenvalue weighted by Gasteiger charge is 2.25. The Morgan fingerprint density at radius 2 is 1.52 bits per heavy atom. The van der Waals surface area contributed by atoms with Gasteiger partial charge in [0.1, 0.15) is 12.4 Å². The van der Waals surface area contributed by atoms with E-state index in [9.17, 15) is 13.2 Å². The van der Waals surface area contributed by atoms with Crippen LogP contribution in [-0.2, 0) is 13.2 Å². The Morgan fingerprint density at radius 1 is 0.857 bits per heavy atom. The van der Waals surface area contributed by atoms with Gasteiger partial charge in [0, 0.05) is 6.54 Å². The lowest BCUT2D eigenvalue weighted by atomic mass is 10.2. The van der Waals surface area contributed by atoms with Crippen LogP contribution in [0.4, 0.5) is 13.2 Å². The van der Waals surface area contributed by atoms with E-state index in [0.29, 0.717) is 12.4 Å². The molecule has 1 N–H and O–H groups in total. The van der Waals surface area contributed by atoms with Crippen molar-refractivity contribution in [2.75, 3.05) is 6.54 Å². The summed E-state index contributed by atoms with van der Waals surface area (Å²) in [5.41, 5.74) is 1.85. The summed E-state index contributed by atoms with van der Waals surface area (Å²) >= 11 is 0. The van der Waals surface area contributed by atoms with Crippen molar-refractivity contribution < 1.29 is 17.9 Å². The minimum Gasteiger partial charge on any atom is -0.489 e. The number of halogens is 3. The minimum absolute atomic E-state index is 0.179. The molecule has 2 rings (SSSR count). The predicted octanol–water partition coefficient (Wildman–Crippen LogP) is 3.92. The molecule has 2 nitrogen and oxygen atoms in total. The van der Waals surface area contributed by atoms with Gasteiger partial charge in [0.2, 0.25) is 0 Å². The number of nitrogens with one attached hydrogen (secondary N) is 1. The molecule has 2 aromatic carbocycles. The van der Waals surface area contributed by atoms with E-state index in [1.165, 1.54) is 0 Å². The van der Waals surface area contributed by atoms with Crippen LogP contribution in [0.2, 0.25) is 0 Å². The second-order valence-electron chi connectivity index (χ2n) is 4.64. The molecular weight excluding hydrogens is 279 g/mol. The van der Waals surface area contributed by atoms with E-state index >= 15 is 0 Å². The average Bonchev–Trinajstić information content (AvgIpc) is 2.46. The van der Waals surface area contributed by atoms with Gasteiger partial charge in [0.15, 0.2) is 0 Å². The van der Waals surface area contributed by atoms with Crippen molar-refractivity contribution >= 4 is 0 Å². The highest BCUT2D eigenvalue weighted by atomic mass is 19.4. The summed E-state index contributed by atoms with van der Waals surface area (Å²) in [6.45, 7) is -0.343. The molecule has 0 atom stereocenters. The van der Waals surface area contributed by atoms with Crippen molar-refractivity contribution in [1.82, 2.24) is 5.32 Å². The maximum atomic E-state index is 12.0. The van der Waals surface area contributed by atoms with Gasteiger partial charge < -0.3 is 10.1 Å². The Hall–Kier alpha value is -2.01. The quantitative estimate of drug-likeness (QED) is 0.872. The zero-order chi connectivity index (χ0) is 15.1. The van der Waals surface area contributed by atoms with Gasteiger partial charge in [-0.1, -0.05) is 42.5 Å². The Balaban J connectivity index is 1.79. The van der Waals surface area contributed by atoms with Crippen LogP contribution in [0.1, 0.15) is 11.1 Å². The number of ether oxygens (including phenoxy) is 1. The molecule has 0 aliphatic rings. The fraction of sp³-hybridized carbons (Fsp3) is 0.250. The van der Waals surface area contributed by atoms with E-state index in [2.05, 4.69) is 5.32 Å². The van der Waals surface area contributed by atoms with Crippen molar-refractivity contribution in [3.8, 4) is 5.75 Å². The van der Waals surface area contributed by atoms with Crippen LogP contribution < -0.4 is 10.1 Å². The van der Waals surface area contributed by atoms with Crippen molar-refractivity contribution in [3.63, 3.8) is 0 Å². The smallest absolute Gasteiger partial charge is 0.401 e. The van der Waals surface area contributed by atoms with Gasteiger partial charge in [0.25, 0.3) is 0 Å². The number of hydrogen-bond donors (Lipinski definition) is 1. The maximum absolute atomic E-state index is 12.0. The molecule has 0 amide bonds. The van der Waals surface area contributed by atoms with Gasteiger partial charge in [-0.3, -0.25) is 0 Å². The number of hydrogen-bond acceptors (Lipinski definition) is 2. The third-order valence-corrected chi connectivity index (χ3v) is 2.83. The molecule has 5 heteroatoms. The molecule has 0 bridgehead atoms. The first-order valence-corrected chi connectivity index (χ1v) is 6.56. The zero-order valence-electron chi connectivity index (χ0n) is 11.4. The number of rotatable bonds is 6. The maximum Gasteiger partial charge on any atom is 0.401 e. The molecule has 0 unspecified atom stereocenters. The SMILES string of the molecule is FC(F)(F)CNCc1ccc(OCc2ccccc2)cc1. The molecule has 0 saturated carbocycles. The van der Waals surface area contributed by atoms with Crippen molar-refractivity contribution in [1.29, 1.82) is 0 Å². The lowest BCUT2D eigenvalue weighted by molar-refractivity contribution is -0.125. The van der Waals surface area contributed by atoms with Gasteiger partial charge in [-0.15, -0.1) is 0 Å². The predicted molar refractivity (Wildman–Crippen MR) is 75.0 cm³/mol. The van der Waals surface area contributed by atoms with E-state index in [0.717, 1.165) is 11.1 Å². The monoisotopic (exact) mass is 295 g/mol. The fourth-order valence-electron chi connectivity index (χ4n) is 1.79. The molecule has 0 aromatic heterocycles. The Kier molecular flexibility index (Phi) is 5.22. The fourth-order valence-corrected chi connectivity index (χ4v) is 1.79. The van der Waals surface area contributed by atoms with Crippen LogP contribution in [-0.4, -0.2) is 12.7 Å². The van der Waals surface area contributed by atoms with E-state index in [-0.39, 0.29) is 6.54 Å². The molecule has 2 aromatic rings. The van der Waals surface area contributed by atoms with Crippen LogP contribution in [0, 0.1) is 0 Å². The Labute approximate surface area is 121 Å². The lowest BCUT2D eigenvalue weighted by Gasteiger charge is -2.09. The molecule has 0 aliphatic heterocycles. The molecule has 0 fully saturated rings. The summed E-state index contributed by atoms with van der Waals surface area (Å²) in [6, 6.07) is 16.8. The molecule has 112 valence electrons. The highest BCUT2D eigenvalue weighted by Crippen LogP contribution is 2.15. The normalized spacial score (nSPS) is 11.4. The first kappa shape index (κ1) is 15.4. The van der Waals surface area contributed by atoms with Crippen LogP contribution in [0.3, 0.4) is 0 Å². The highest BCUT2D eigenvalue weighted by molar-refractivity contribution is 5.27. The second-order valence-corrected chi connectivity index (χ2v) is 4.64. The lowest BCUT2D eigenvalue weighted by Crippen LogP contribution is -2.28. The van der Waals surface area contributed by atoms with Crippen LogP contribution in [0.5, 0.6) is 5.75 Å². The third-order valence-electron chi connectivity index (χ3n) is 2.83. The molecule has 0 aliphatic carbocycles. The van der Waals surface area contributed by atoms with Gasteiger partial charge in [0.05, 0.1) is 6.54 Å². The topological polar surface area (TPSA) is 21.3 Å². The number of alkyl halides is 3. The third kappa shape index (κ3) is 5.87. The summed E-state index contributed by atoms with van der Waals surface area (Å²) in [7, 11) is 0. The van der Waals surface area contributed by atoms with Crippen molar-refractivity contribution in [2.24, 2.45) is 0 Å². The van der Waals surface area contributed by atoms with Crippen LogP contribution in [0.25, 0.3) is 0 Å². The molecule has 0 saturated heterocycles. The molecular formula is C16H16F3NO.